The van der Waals surface area contributed by atoms with E-state index in [2.05, 4.69) is 10.6 Å². The molecule has 1 atom stereocenters. The number of amides is 1. The van der Waals surface area contributed by atoms with Gasteiger partial charge in [-0.3, -0.25) is 4.79 Å². The van der Waals surface area contributed by atoms with Gasteiger partial charge < -0.3 is 15.1 Å². The number of nitrogens with one attached hydrogen (secondary N) is 2. The zero-order chi connectivity index (χ0) is 13.4. The van der Waals surface area contributed by atoms with Crippen LogP contribution in [0.3, 0.4) is 0 Å². The molecule has 1 aliphatic heterocycles. The molecule has 2 N–H and O–H groups in total. The lowest BCUT2D eigenvalue weighted by molar-refractivity contribution is 0.0913. The van der Waals surface area contributed by atoms with Crippen molar-refractivity contribution in [2.24, 2.45) is 0 Å². The van der Waals surface area contributed by atoms with Crippen molar-refractivity contribution >= 4 is 29.3 Å². The van der Waals surface area contributed by atoms with Crippen molar-refractivity contribution in [2.45, 2.75) is 26.3 Å². The summed E-state index contributed by atoms with van der Waals surface area (Å²) in [5.74, 6) is 0.331. The third-order valence-corrected chi connectivity index (χ3v) is 3.76. The minimum atomic E-state index is -0.109. The minimum Gasteiger partial charge on any atom is -0.450 e. The third kappa shape index (κ3) is 2.53. The molecule has 0 radical (unpaired) electrons. The van der Waals surface area contributed by atoms with Crippen LogP contribution < -0.4 is 10.6 Å². The van der Waals surface area contributed by atoms with Gasteiger partial charge in [0.15, 0.2) is 5.76 Å². The summed E-state index contributed by atoms with van der Waals surface area (Å²) >= 11 is 0. The Morgan fingerprint density at radius 2 is 2.20 bits per heavy atom. The van der Waals surface area contributed by atoms with E-state index in [9.17, 15) is 4.79 Å². The fraction of sp³-hybridized carbons (Fsp3) is 0.400. The number of para-hydroxylation sites is 1. The number of fused-ring (bicyclic) bond motifs is 1. The smallest absolute Gasteiger partial charge is 0.287 e. The number of hydrogen-bond acceptors (Lipinski definition) is 3. The third-order valence-electron chi connectivity index (χ3n) is 3.76. The molecule has 1 unspecified atom stereocenters. The number of aryl methyl sites for hydroxylation is 2. The first-order chi connectivity index (χ1) is 9.16. The Hall–Kier alpha value is -1.52. The normalized spacial score (nSPS) is 18.0. The second-order valence-corrected chi connectivity index (χ2v) is 5.17. The number of carbonyl (C=O) groups is 1. The second kappa shape index (κ2) is 5.85. The van der Waals surface area contributed by atoms with Crippen molar-refractivity contribution in [3.63, 3.8) is 0 Å². The predicted octanol–water partition coefficient (Wildman–Crippen LogP) is 2.56. The Bertz CT molecular complexity index is 630. The number of halogens is 1. The van der Waals surface area contributed by atoms with Gasteiger partial charge in [0.2, 0.25) is 0 Å². The summed E-state index contributed by atoms with van der Waals surface area (Å²) in [5, 5.41) is 7.28. The summed E-state index contributed by atoms with van der Waals surface area (Å²) in [4.78, 5) is 12.3. The van der Waals surface area contributed by atoms with E-state index in [0.717, 1.165) is 41.6 Å². The van der Waals surface area contributed by atoms with Gasteiger partial charge in [-0.25, -0.2) is 0 Å². The van der Waals surface area contributed by atoms with Crippen molar-refractivity contribution in [2.75, 3.05) is 13.1 Å². The van der Waals surface area contributed by atoms with Crippen LogP contribution in [0, 0.1) is 13.8 Å². The molecule has 1 aromatic heterocycles. The molecule has 5 heteroatoms. The maximum absolute atomic E-state index is 12.3. The molecule has 4 nitrogen and oxygen atoms in total. The van der Waals surface area contributed by atoms with Crippen LogP contribution >= 0.6 is 12.4 Å². The highest BCUT2D eigenvalue weighted by Gasteiger charge is 2.22. The van der Waals surface area contributed by atoms with Crippen LogP contribution in [0.25, 0.3) is 11.0 Å². The highest BCUT2D eigenvalue weighted by atomic mass is 35.5. The van der Waals surface area contributed by atoms with E-state index in [4.69, 9.17) is 4.42 Å². The zero-order valence-corrected chi connectivity index (χ0v) is 12.5. The van der Waals surface area contributed by atoms with Gasteiger partial charge in [-0.1, -0.05) is 18.2 Å². The van der Waals surface area contributed by atoms with Crippen LogP contribution in [0.2, 0.25) is 0 Å². The van der Waals surface area contributed by atoms with E-state index >= 15 is 0 Å². The maximum Gasteiger partial charge on any atom is 0.287 e. The zero-order valence-electron chi connectivity index (χ0n) is 11.7. The Morgan fingerprint density at radius 3 is 2.85 bits per heavy atom. The fourth-order valence-corrected chi connectivity index (χ4v) is 2.63. The number of rotatable bonds is 2. The quantitative estimate of drug-likeness (QED) is 0.895. The van der Waals surface area contributed by atoms with Gasteiger partial charge >= 0.3 is 0 Å². The van der Waals surface area contributed by atoms with Gasteiger partial charge in [-0.05, 0) is 32.4 Å². The first-order valence-corrected chi connectivity index (χ1v) is 6.67. The largest absolute Gasteiger partial charge is 0.450 e. The summed E-state index contributed by atoms with van der Waals surface area (Å²) in [5.41, 5.74) is 2.79. The first-order valence-electron chi connectivity index (χ1n) is 6.67. The Morgan fingerprint density at radius 1 is 1.40 bits per heavy atom. The fourth-order valence-electron chi connectivity index (χ4n) is 2.63. The van der Waals surface area contributed by atoms with Crippen LogP contribution in [-0.2, 0) is 0 Å². The average Bonchev–Trinajstić information content (AvgIpc) is 2.99. The molecule has 1 aromatic carbocycles. The number of carbonyl (C=O) groups excluding carboxylic acids is 1. The molecule has 108 valence electrons. The van der Waals surface area contributed by atoms with Gasteiger partial charge in [0.1, 0.15) is 5.58 Å². The van der Waals surface area contributed by atoms with Crippen molar-refractivity contribution < 1.29 is 9.21 Å². The molecule has 0 bridgehead atoms. The lowest BCUT2D eigenvalue weighted by Crippen LogP contribution is -2.36. The van der Waals surface area contributed by atoms with E-state index < -0.39 is 0 Å². The molecule has 1 aliphatic rings. The lowest BCUT2D eigenvalue weighted by Gasteiger charge is -2.09. The monoisotopic (exact) mass is 294 g/mol. The molecule has 0 saturated carbocycles. The SMILES string of the molecule is Cc1c(C(=O)NC2CCNC2)oc2c(C)cccc12.Cl. The summed E-state index contributed by atoms with van der Waals surface area (Å²) in [6.07, 6.45) is 0.976. The highest BCUT2D eigenvalue weighted by molar-refractivity contribution is 5.99. The molecular formula is C15H19ClN2O2. The topological polar surface area (TPSA) is 54.3 Å². The van der Waals surface area contributed by atoms with Crippen LogP contribution in [0.5, 0.6) is 0 Å². The first kappa shape index (κ1) is 14.9. The van der Waals surface area contributed by atoms with E-state index in [1.165, 1.54) is 0 Å². The van der Waals surface area contributed by atoms with E-state index in [-0.39, 0.29) is 24.4 Å². The molecule has 1 fully saturated rings. The van der Waals surface area contributed by atoms with Crippen molar-refractivity contribution in [3.8, 4) is 0 Å². The molecule has 2 heterocycles. The Labute approximate surface area is 124 Å². The van der Waals surface area contributed by atoms with Crippen molar-refractivity contribution in [3.05, 3.63) is 35.1 Å². The van der Waals surface area contributed by atoms with Gasteiger partial charge in [-0.2, -0.15) is 0 Å². The predicted molar refractivity (Wildman–Crippen MR) is 81.7 cm³/mol. The van der Waals surface area contributed by atoms with Gasteiger partial charge in [0.25, 0.3) is 5.91 Å². The van der Waals surface area contributed by atoms with Crippen molar-refractivity contribution in [1.82, 2.24) is 10.6 Å². The lowest BCUT2D eigenvalue weighted by atomic mass is 10.1. The van der Waals surface area contributed by atoms with Crippen LogP contribution in [0.4, 0.5) is 0 Å². The summed E-state index contributed by atoms with van der Waals surface area (Å²) in [7, 11) is 0. The summed E-state index contributed by atoms with van der Waals surface area (Å²) in [6, 6.07) is 6.19. The summed E-state index contributed by atoms with van der Waals surface area (Å²) in [6.45, 7) is 5.73. The van der Waals surface area contributed by atoms with Crippen molar-refractivity contribution in [1.29, 1.82) is 0 Å². The Kier molecular flexibility index (Phi) is 4.35. The van der Waals surface area contributed by atoms with E-state index in [0.29, 0.717) is 5.76 Å². The Balaban J connectivity index is 0.00000147. The van der Waals surface area contributed by atoms with Crippen LogP contribution in [0.1, 0.15) is 28.1 Å². The molecular weight excluding hydrogens is 276 g/mol. The second-order valence-electron chi connectivity index (χ2n) is 5.17. The van der Waals surface area contributed by atoms with Gasteiger partial charge in [0, 0.05) is 23.5 Å². The number of benzene rings is 1. The average molecular weight is 295 g/mol. The minimum absolute atomic E-state index is 0. The summed E-state index contributed by atoms with van der Waals surface area (Å²) < 4.78 is 5.77. The standard InChI is InChI=1S/C15H18N2O2.ClH/c1-9-4-3-5-12-10(2)14(19-13(9)12)15(18)17-11-6-7-16-8-11;/h3-5,11,16H,6-8H2,1-2H3,(H,17,18);1H. The molecule has 0 aliphatic carbocycles. The maximum atomic E-state index is 12.3. The van der Waals surface area contributed by atoms with E-state index in [1.807, 2.05) is 32.0 Å². The number of hydrogen-bond donors (Lipinski definition) is 2. The molecule has 1 saturated heterocycles. The highest BCUT2D eigenvalue weighted by Crippen LogP contribution is 2.27. The van der Waals surface area contributed by atoms with Crippen LogP contribution in [0.15, 0.2) is 22.6 Å². The molecule has 0 spiro atoms. The van der Waals surface area contributed by atoms with Gasteiger partial charge in [0.05, 0.1) is 0 Å². The van der Waals surface area contributed by atoms with Gasteiger partial charge in [-0.15, -0.1) is 12.4 Å². The molecule has 20 heavy (non-hydrogen) atoms. The number of furan rings is 1. The van der Waals surface area contributed by atoms with Crippen LogP contribution in [-0.4, -0.2) is 25.0 Å². The molecule has 1 amide bonds. The molecule has 3 rings (SSSR count). The van der Waals surface area contributed by atoms with E-state index in [1.54, 1.807) is 0 Å². The molecule has 2 aromatic rings.